The lowest BCUT2D eigenvalue weighted by molar-refractivity contribution is 0.561. The van der Waals surface area contributed by atoms with Gasteiger partial charge in [0.25, 0.3) is 0 Å². The maximum atomic E-state index is 6.78. The van der Waals surface area contributed by atoms with Gasteiger partial charge in [-0.3, -0.25) is 0 Å². The van der Waals surface area contributed by atoms with E-state index in [1.165, 1.54) is 6.21 Å². The molecule has 0 aliphatic carbocycles. The first-order chi connectivity index (χ1) is 3.66. The average molecular weight is 112 g/mol. The number of hydrogen-bond donors (Lipinski definition) is 1. The van der Waals surface area contributed by atoms with Gasteiger partial charge in [0.15, 0.2) is 0 Å². The second-order valence-corrected chi connectivity index (χ2v) is 1.98. The van der Waals surface area contributed by atoms with Gasteiger partial charge in [0.1, 0.15) is 0 Å². The molecule has 0 saturated heterocycles. The van der Waals surface area contributed by atoms with Crippen LogP contribution in [-0.2, 0) is 0 Å². The molecular weight excluding hydrogens is 100 g/mol. The van der Waals surface area contributed by atoms with Crippen LogP contribution >= 0.6 is 0 Å². The zero-order chi connectivity index (χ0) is 6.57. The van der Waals surface area contributed by atoms with Gasteiger partial charge in [-0.25, -0.2) is 0 Å². The van der Waals surface area contributed by atoms with Crippen molar-refractivity contribution in [3.8, 4) is 0 Å². The van der Waals surface area contributed by atoms with Crippen LogP contribution < -0.4 is 0 Å². The molecule has 46 valence electrons. The van der Waals surface area contributed by atoms with E-state index in [9.17, 15) is 0 Å². The van der Waals surface area contributed by atoms with Crippen LogP contribution in [0.1, 0.15) is 6.92 Å². The summed E-state index contributed by atoms with van der Waals surface area (Å²) in [5.41, 5.74) is 0.968. The Bertz CT molecular complexity index is 103. The normalized spacial score (nSPS) is 11.1. The molecule has 0 aliphatic rings. The van der Waals surface area contributed by atoms with Gasteiger partial charge in [0, 0.05) is 26.5 Å². The van der Waals surface area contributed by atoms with Crippen LogP contribution in [0.15, 0.2) is 11.8 Å². The van der Waals surface area contributed by atoms with Crippen LogP contribution in [0, 0.1) is 5.41 Å². The lowest BCUT2D eigenvalue weighted by Crippen LogP contribution is -2.01. The molecule has 2 heteroatoms. The topological polar surface area (TPSA) is 27.1 Å². The van der Waals surface area contributed by atoms with Crippen LogP contribution in [-0.4, -0.2) is 25.2 Å². The van der Waals surface area contributed by atoms with Gasteiger partial charge >= 0.3 is 0 Å². The molecule has 0 fully saturated rings. The van der Waals surface area contributed by atoms with E-state index < -0.39 is 0 Å². The highest BCUT2D eigenvalue weighted by molar-refractivity contribution is 5.74. The largest absolute Gasteiger partial charge is 0.383 e. The van der Waals surface area contributed by atoms with Crippen molar-refractivity contribution in [2.75, 3.05) is 14.1 Å². The average Bonchev–Trinajstić information content (AvgIpc) is 1.65. The Morgan fingerprint density at radius 3 is 2.12 bits per heavy atom. The summed E-state index contributed by atoms with van der Waals surface area (Å²) in [5.74, 6) is 0. The number of hydrogen-bond acceptors (Lipinski definition) is 2. The summed E-state index contributed by atoms with van der Waals surface area (Å²) in [5, 5.41) is 6.78. The summed E-state index contributed by atoms with van der Waals surface area (Å²) in [4.78, 5) is 1.92. The first kappa shape index (κ1) is 7.21. The molecule has 0 aromatic heterocycles. The molecule has 0 atom stereocenters. The molecule has 0 radical (unpaired) electrons. The van der Waals surface area contributed by atoms with Gasteiger partial charge in [-0.15, -0.1) is 0 Å². The van der Waals surface area contributed by atoms with E-state index in [1.807, 2.05) is 32.1 Å². The molecule has 8 heavy (non-hydrogen) atoms. The Labute approximate surface area is 50.3 Å². The van der Waals surface area contributed by atoms with Crippen LogP contribution in [0.5, 0.6) is 0 Å². The summed E-state index contributed by atoms with van der Waals surface area (Å²) in [6.07, 6.45) is 3.23. The Morgan fingerprint density at radius 1 is 1.50 bits per heavy atom. The molecule has 0 rings (SSSR count). The van der Waals surface area contributed by atoms with Gasteiger partial charge in [0.05, 0.1) is 0 Å². The monoisotopic (exact) mass is 112 g/mol. The molecule has 0 aromatic carbocycles. The lowest BCUT2D eigenvalue weighted by Gasteiger charge is -2.03. The molecule has 0 amide bonds. The minimum absolute atomic E-state index is 0.968. The second-order valence-electron chi connectivity index (χ2n) is 1.98. The summed E-state index contributed by atoms with van der Waals surface area (Å²) in [7, 11) is 3.88. The summed E-state index contributed by atoms with van der Waals surface area (Å²) >= 11 is 0. The predicted octanol–water partition coefficient (Wildman–Crippen LogP) is 1.10. The van der Waals surface area contributed by atoms with Crippen molar-refractivity contribution in [1.29, 1.82) is 5.41 Å². The van der Waals surface area contributed by atoms with Crippen molar-refractivity contribution in [1.82, 2.24) is 4.90 Å². The Hall–Kier alpha value is -0.790. The van der Waals surface area contributed by atoms with Gasteiger partial charge in [-0.05, 0) is 12.5 Å². The van der Waals surface area contributed by atoms with Crippen LogP contribution in [0.3, 0.4) is 0 Å². The molecule has 0 unspecified atom stereocenters. The molecule has 0 heterocycles. The van der Waals surface area contributed by atoms with Crippen molar-refractivity contribution >= 4 is 6.21 Å². The van der Waals surface area contributed by atoms with E-state index in [0.717, 1.165) is 5.57 Å². The summed E-state index contributed by atoms with van der Waals surface area (Å²) in [6.45, 7) is 1.90. The minimum Gasteiger partial charge on any atom is -0.383 e. The number of rotatable bonds is 2. The quantitative estimate of drug-likeness (QED) is 0.532. The van der Waals surface area contributed by atoms with Crippen molar-refractivity contribution in [3.63, 3.8) is 0 Å². The Balaban J connectivity index is 3.74. The zero-order valence-electron chi connectivity index (χ0n) is 5.60. The van der Waals surface area contributed by atoms with E-state index in [2.05, 4.69) is 0 Å². The fraction of sp³-hybridized carbons (Fsp3) is 0.500. The van der Waals surface area contributed by atoms with Gasteiger partial charge in [-0.1, -0.05) is 0 Å². The molecule has 0 aliphatic heterocycles. The standard InChI is InChI=1S/C6H12N2/c1-6(4-7)5-8(2)3/h4-5,7H,1-3H3. The first-order valence-corrected chi connectivity index (χ1v) is 2.52. The lowest BCUT2D eigenvalue weighted by atomic mass is 10.4. The molecule has 1 N–H and O–H groups in total. The van der Waals surface area contributed by atoms with E-state index in [4.69, 9.17) is 5.41 Å². The third kappa shape index (κ3) is 3.40. The van der Waals surface area contributed by atoms with Crippen molar-refractivity contribution in [2.45, 2.75) is 6.92 Å². The molecule has 0 bridgehead atoms. The minimum atomic E-state index is 0.968. The van der Waals surface area contributed by atoms with Crippen molar-refractivity contribution in [2.24, 2.45) is 0 Å². The summed E-state index contributed by atoms with van der Waals surface area (Å²) < 4.78 is 0. The molecule has 0 aromatic rings. The van der Waals surface area contributed by atoms with Crippen LogP contribution in [0.2, 0.25) is 0 Å². The highest BCUT2D eigenvalue weighted by atomic mass is 15.0. The number of nitrogens with zero attached hydrogens (tertiary/aromatic N) is 1. The van der Waals surface area contributed by atoms with E-state index >= 15 is 0 Å². The molecular formula is C6H12N2. The molecule has 2 nitrogen and oxygen atoms in total. The third-order valence-electron chi connectivity index (χ3n) is 0.690. The maximum Gasteiger partial charge on any atom is 0.0221 e. The van der Waals surface area contributed by atoms with Crippen molar-refractivity contribution in [3.05, 3.63) is 11.8 Å². The second kappa shape index (κ2) is 3.24. The Kier molecular flexibility index (Phi) is 2.92. The van der Waals surface area contributed by atoms with E-state index in [0.29, 0.717) is 0 Å². The SMILES string of the molecule is CC(C=N)=CN(C)C. The van der Waals surface area contributed by atoms with Crippen LogP contribution in [0.25, 0.3) is 0 Å². The Morgan fingerprint density at radius 2 is 2.00 bits per heavy atom. The van der Waals surface area contributed by atoms with E-state index in [-0.39, 0.29) is 0 Å². The van der Waals surface area contributed by atoms with E-state index in [1.54, 1.807) is 0 Å². The maximum absolute atomic E-state index is 6.78. The zero-order valence-corrected chi connectivity index (χ0v) is 5.60. The fourth-order valence-electron chi connectivity index (χ4n) is 0.445. The highest BCUT2D eigenvalue weighted by Gasteiger charge is 1.79. The third-order valence-corrected chi connectivity index (χ3v) is 0.690. The first-order valence-electron chi connectivity index (χ1n) is 2.52. The van der Waals surface area contributed by atoms with Gasteiger partial charge in [0.2, 0.25) is 0 Å². The highest BCUT2D eigenvalue weighted by Crippen LogP contribution is 1.86. The molecule has 0 spiro atoms. The summed E-state index contributed by atoms with van der Waals surface area (Å²) in [6, 6.07) is 0. The van der Waals surface area contributed by atoms with Gasteiger partial charge in [-0.2, -0.15) is 0 Å². The number of allylic oxidation sites excluding steroid dienone is 1. The predicted molar refractivity (Wildman–Crippen MR) is 36.2 cm³/mol. The fourth-order valence-corrected chi connectivity index (χ4v) is 0.445. The van der Waals surface area contributed by atoms with Crippen molar-refractivity contribution < 1.29 is 0 Å². The number of nitrogens with one attached hydrogen (secondary N) is 1. The smallest absolute Gasteiger partial charge is 0.0221 e. The van der Waals surface area contributed by atoms with Crippen LogP contribution in [0.4, 0.5) is 0 Å². The van der Waals surface area contributed by atoms with Gasteiger partial charge < -0.3 is 10.3 Å². The molecule has 0 saturated carbocycles.